The Morgan fingerprint density at radius 2 is 1.92 bits per heavy atom. The Hall–Kier alpha value is -0.170. The highest BCUT2D eigenvalue weighted by Crippen LogP contribution is 2.07. The standard InChI is InChI=1S/C7H16N2O3S/c1-8(2)13(10,11)9-4-3-6-12-7-5-9/h3-7H2,1-2H3. The highest BCUT2D eigenvalue weighted by molar-refractivity contribution is 7.86. The van der Waals surface area contributed by atoms with Gasteiger partial charge in [-0.1, -0.05) is 0 Å². The molecule has 1 rings (SSSR count). The second-order valence-electron chi connectivity index (χ2n) is 3.16. The molecule has 0 aromatic rings. The van der Waals surface area contributed by atoms with Gasteiger partial charge in [-0.2, -0.15) is 17.0 Å². The maximum Gasteiger partial charge on any atom is 0.281 e. The lowest BCUT2D eigenvalue weighted by molar-refractivity contribution is 0.147. The number of rotatable bonds is 2. The van der Waals surface area contributed by atoms with Gasteiger partial charge in [-0.15, -0.1) is 0 Å². The third-order valence-corrected chi connectivity index (χ3v) is 3.91. The van der Waals surface area contributed by atoms with Crippen LogP contribution in [0, 0.1) is 0 Å². The van der Waals surface area contributed by atoms with Gasteiger partial charge >= 0.3 is 0 Å². The summed E-state index contributed by atoms with van der Waals surface area (Å²) in [4.78, 5) is 0. The third kappa shape index (κ3) is 2.63. The first-order valence-corrected chi connectivity index (χ1v) is 5.70. The molecule has 1 heterocycles. The van der Waals surface area contributed by atoms with Crippen molar-refractivity contribution < 1.29 is 13.2 Å². The van der Waals surface area contributed by atoms with Gasteiger partial charge in [0.25, 0.3) is 10.2 Å². The molecule has 0 saturated carbocycles. The van der Waals surface area contributed by atoms with Crippen LogP contribution >= 0.6 is 0 Å². The first-order valence-electron chi connectivity index (χ1n) is 4.30. The molecule has 0 N–H and O–H groups in total. The molecule has 0 radical (unpaired) electrons. The minimum absolute atomic E-state index is 0.459. The van der Waals surface area contributed by atoms with Gasteiger partial charge in [0.2, 0.25) is 0 Å². The van der Waals surface area contributed by atoms with Crippen LogP contribution in [0.5, 0.6) is 0 Å². The molecule has 0 aliphatic carbocycles. The summed E-state index contributed by atoms with van der Waals surface area (Å²) in [6, 6.07) is 0. The first-order chi connectivity index (χ1) is 6.05. The van der Waals surface area contributed by atoms with E-state index >= 15 is 0 Å². The minimum Gasteiger partial charge on any atom is -0.380 e. The van der Waals surface area contributed by atoms with Crippen molar-refractivity contribution in [3.63, 3.8) is 0 Å². The van der Waals surface area contributed by atoms with E-state index in [9.17, 15) is 8.42 Å². The molecule has 78 valence electrons. The van der Waals surface area contributed by atoms with Gasteiger partial charge in [-0.25, -0.2) is 0 Å². The maximum absolute atomic E-state index is 11.6. The van der Waals surface area contributed by atoms with Crippen LogP contribution in [-0.2, 0) is 14.9 Å². The Kier molecular flexibility index (Phi) is 3.66. The molecule has 0 bridgehead atoms. The zero-order valence-electron chi connectivity index (χ0n) is 8.06. The molecular formula is C7H16N2O3S. The van der Waals surface area contributed by atoms with Crippen LogP contribution in [0.1, 0.15) is 6.42 Å². The normalized spacial score (nSPS) is 21.8. The van der Waals surface area contributed by atoms with Crippen molar-refractivity contribution in [2.45, 2.75) is 6.42 Å². The van der Waals surface area contributed by atoms with E-state index in [0.29, 0.717) is 26.3 Å². The van der Waals surface area contributed by atoms with Gasteiger partial charge < -0.3 is 4.74 Å². The zero-order valence-corrected chi connectivity index (χ0v) is 8.88. The van der Waals surface area contributed by atoms with Crippen LogP contribution in [0.3, 0.4) is 0 Å². The van der Waals surface area contributed by atoms with Crippen LogP contribution in [0.2, 0.25) is 0 Å². The van der Waals surface area contributed by atoms with E-state index in [1.807, 2.05) is 0 Å². The van der Waals surface area contributed by atoms with Crippen LogP contribution < -0.4 is 0 Å². The second kappa shape index (κ2) is 4.36. The molecule has 0 aromatic heterocycles. The summed E-state index contributed by atoms with van der Waals surface area (Å²) in [5.74, 6) is 0. The lowest BCUT2D eigenvalue weighted by Gasteiger charge is -2.22. The van der Waals surface area contributed by atoms with Crippen molar-refractivity contribution in [1.29, 1.82) is 0 Å². The summed E-state index contributed by atoms with van der Waals surface area (Å²) >= 11 is 0. The van der Waals surface area contributed by atoms with Crippen LogP contribution in [-0.4, -0.2) is 57.4 Å². The largest absolute Gasteiger partial charge is 0.380 e. The molecule has 0 atom stereocenters. The third-order valence-electron chi connectivity index (χ3n) is 1.97. The summed E-state index contributed by atoms with van der Waals surface area (Å²) in [5, 5.41) is 0. The van der Waals surface area contributed by atoms with Crippen molar-refractivity contribution in [3.05, 3.63) is 0 Å². The van der Waals surface area contributed by atoms with Crippen molar-refractivity contribution in [2.24, 2.45) is 0 Å². The molecular weight excluding hydrogens is 192 g/mol. The fraction of sp³-hybridized carbons (Fsp3) is 1.00. The van der Waals surface area contributed by atoms with E-state index in [1.54, 1.807) is 14.1 Å². The summed E-state index contributed by atoms with van der Waals surface area (Å²) < 4.78 is 31.1. The molecule has 1 aliphatic heterocycles. The molecule has 6 heteroatoms. The minimum atomic E-state index is -3.24. The van der Waals surface area contributed by atoms with Crippen molar-refractivity contribution in [2.75, 3.05) is 40.4 Å². The van der Waals surface area contributed by atoms with Crippen molar-refractivity contribution >= 4 is 10.2 Å². The lowest BCUT2D eigenvalue weighted by atomic mass is 10.5. The van der Waals surface area contributed by atoms with Crippen LogP contribution in [0.25, 0.3) is 0 Å². The molecule has 1 fully saturated rings. The Balaban J connectivity index is 2.69. The van der Waals surface area contributed by atoms with Crippen molar-refractivity contribution in [3.8, 4) is 0 Å². The Bertz CT molecular complexity index is 242. The predicted molar refractivity (Wildman–Crippen MR) is 49.6 cm³/mol. The van der Waals surface area contributed by atoms with Gasteiger partial charge in [0.15, 0.2) is 0 Å². The van der Waals surface area contributed by atoms with Gasteiger partial charge in [-0.3, -0.25) is 0 Å². The molecule has 5 nitrogen and oxygen atoms in total. The van der Waals surface area contributed by atoms with E-state index in [4.69, 9.17) is 4.74 Å². The SMILES string of the molecule is CN(C)S(=O)(=O)N1CCCOCC1. The molecule has 1 aliphatic rings. The van der Waals surface area contributed by atoms with E-state index in [-0.39, 0.29) is 0 Å². The van der Waals surface area contributed by atoms with Gasteiger partial charge in [0.1, 0.15) is 0 Å². The van der Waals surface area contributed by atoms with Crippen LogP contribution in [0.4, 0.5) is 0 Å². The van der Waals surface area contributed by atoms with Gasteiger partial charge in [0, 0.05) is 33.8 Å². The number of hydrogen-bond donors (Lipinski definition) is 0. The molecule has 0 spiro atoms. The average molecular weight is 208 g/mol. The summed E-state index contributed by atoms with van der Waals surface area (Å²) in [6.07, 6.45) is 0.771. The topological polar surface area (TPSA) is 49.9 Å². The molecule has 0 aromatic carbocycles. The number of ether oxygens (including phenoxy) is 1. The monoisotopic (exact) mass is 208 g/mol. The lowest BCUT2D eigenvalue weighted by Crippen LogP contribution is -2.41. The summed E-state index contributed by atoms with van der Waals surface area (Å²) in [5.41, 5.74) is 0. The van der Waals surface area contributed by atoms with E-state index in [1.165, 1.54) is 8.61 Å². The number of hydrogen-bond acceptors (Lipinski definition) is 3. The van der Waals surface area contributed by atoms with E-state index < -0.39 is 10.2 Å². The molecule has 0 amide bonds. The Morgan fingerprint density at radius 3 is 2.54 bits per heavy atom. The van der Waals surface area contributed by atoms with Gasteiger partial charge in [0.05, 0.1) is 6.61 Å². The molecule has 1 saturated heterocycles. The zero-order chi connectivity index (χ0) is 9.90. The smallest absolute Gasteiger partial charge is 0.281 e. The second-order valence-corrected chi connectivity index (χ2v) is 5.30. The fourth-order valence-corrected chi connectivity index (χ4v) is 2.31. The van der Waals surface area contributed by atoms with E-state index in [2.05, 4.69) is 0 Å². The van der Waals surface area contributed by atoms with Crippen molar-refractivity contribution in [1.82, 2.24) is 8.61 Å². The maximum atomic E-state index is 11.6. The fourth-order valence-electron chi connectivity index (χ4n) is 1.18. The Labute approximate surface area is 79.5 Å². The predicted octanol–water partition coefficient (Wildman–Crippen LogP) is -0.485. The van der Waals surface area contributed by atoms with E-state index in [0.717, 1.165) is 6.42 Å². The molecule has 13 heavy (non-hydrogen) atoms. The Morgan fingerprint density at radius 1 is 1.23 bits per heavy atom. The number of nitrogens with zero attached hydrogens (tertiary/aromatic N) is 2. The molecule has 0 unspecified atom stereocenters. The van der Waals surface area contributed by atoms with Crippen LogP contribution in [0.15, 0.2) is 0 Å². The first kappa shape index (κ1) is 10.9. The van der Waals surface area contributed by atoms with Gasteiger partial charge in [-0.05, 0) is 6.42 Å². The average Bonchev–Trinajstić information content (AvgIpc) is 2.31. The summed E-state index contributed by atoms with van der Waals surface area (Å²) in [7, 11) is -0.151. The quantitative estimate of drug-likeness (QED) is 0.615. The highest BCUT2D eigenvalue weighted by atomic mass is 32.2. The highest BCUT2D eigenvalue weighted by Gasteiger charge is 2.24. The summed E-state index contributed by atoms with van der Waals surface area (Å²) in [6.45, 7) is 2.16.